The Balaban J connectivity index is 2.45. The molecule has 0 aliphatic rings. The van der Waals surface area contributed by atoms with E-state index in [0.29, 0.717) is 10.1 Å². The third-order valence-corrected chi connectivity index (χ3v) is 3.00. The van der Waals surface area contributed by atoms with E-state index in [1.165, 1.54) is 11.8 Å². The number of thioether (sulfide) groups is 1. The zero-order valence-electron chi connectivity index (χ0n) is 5.90. The van der Waals surface area contributed by atoms with Crippen molar-refractivity contribution < 1.29 is 5.11 Å². The van der Waals surface area contributed by atoms with Gasteiger partial charge in [0.15, 0.2) is 4.34 Å². The first-order valence-electron chi connectivity index (χ1n) is 3.05. The van der Waals surface area contributed by atoms with Crippen LogP contribution in [0.5, 0.6) is 0 Å². The Morgan fingerprint density at radius 3 is 3.09 bits per heavy atom. The second kappa shape index (κ2) is 3.89. The van der Waals surface area contributed by atoms with E-state index in [0.717, 1.165) is 11.3 Å². The number of rotatable bonds is 3. The highest BCUT2D eigenvalue weighted by atomic mass is 32.2. The number of hydrogen-bond acceptors (Lipinski definition) is 5. The summed E-state index contributed by atoms with van der Waals surface area (Å²) in [7, 11) is 0. The first-order valence-corrected chi connectivity index (χ1v) is 4.85. The molecule has 0 amide bonds. The molecule has 1 aromatic heterocycles. The number of aromatic nitrogens is 2. The summed E-state index contributed by atoms with van der Waals surface area (Å²) >= 11 is 2.43. The van der Waals surface area contributed by atoms with E-state index in [1.807, 2.05) is 0 Å². The van der Waals surface area contributed by atoms with E-state index in [4.69, 9.17) is 5.11 Å². The average molecular weight is 192 g/mol. The predicted molar refractivity (Wildman–Crippen MR) is 45.1 cm³/mol. The molecule has 1 rings (SSSR count). The zero-order valence-corrected chi connectivity index (χ0v) is 7.54. The Hall–Kier alpha value is -0.330. The number of nitrogens with zero attached hydrogens (tertiary/aromatic N) is 1. The van der Waals surface area contributed by atoms with Crippen molar-refractivity contribution in [3.8, 4) is 0 Å². The van der Waals surface area contributed by atoms with Crippen LogP contribution in [0, 0.1) is 0 Å². The smallest absolute Gasteiger partial charge is 0.323 e. The van der Waals surface area contributed by atoms with Gasteiger partial charge >= 0.3 is 4.87 Å². The minimum atomic E-state index is -0.362. The molecule has 0 aromatic carbocycles. The van der Waals surface area contributed by atoms with Gasteiger partial charge < -0.3 is 5.11 Å². The lowest BCUT2D eigenvalue weighted by atomic mass is 10.5. The molecule has 0 spiro atoms. The Labute approximate surface area is 71.7 Å². The van der Waals surface area contributed by atoms with Gasteiger partial charge in [-0.2, -0.15) is 5.10 Å². The first kappa shape index (κ1) is 8.76. The van der Waals surface area contributed by atoms with Gasteiger partial charge in [-0.3, -0.25) is 4.79 Å². The van der Waals surface area contributed by atoms with Crippen molar-refractivity contribution >= 4 is 23.1 Å². The van der Waals surface area contributed by atoms with Crippen LogP contribution in [0.2, 0.25) is 0 Å². The van der Waals surface area contributed by atoms with Crippen LogP contribution in [0.4, 0.5) is 0 Å². The molecule has 1 unspecified atom stereocenters. The lowest BCUT2D eigenvalue weighted by Crippen LogP contribution is -2.01. The summed E-state index contributed by atoms with van der Waals surface area (Å²) in [6, 6.07) is 0. The van der Waals surface area contributed by atoms with Crippen molar-refractivity contribution in [2.75, 3.05) is 5.75 Å². The highest BCUT2D eigenvalue weighted by molar-refractivity contribution is 8.01. The summed E-state index contributed by atoms with van der Waals surface area (Å²) in [6.45, 7) is 1.70. The maximum atomic E-state index is 10.6. The maximum Gasteiger partial charge on any atom is 0.323 e. The van der Waals surface area contributed by atoms with Gasteiger partial charge in [0, 0.05) is 5.75 Å². The third-order valence-electron chi connectivity index (χ3n) is 0.866. The van der Waals surface area contributed by atoms with Crippen LogP contribution in [0.3, 0.4) is 0 Å². The molecule has 62 valence electrons. The van der Waals surface area contributed by atoms with Gasteiger partial charge in [-0.1, -0.05) is 11.8 Å². The van der Waals surface area contributed by atoms with Crippen molar-refractivity contribution in [2.45, 2.75) is 17.4 Å². The Bertz CT molecular complexity index is 267. The molecule has 0 radical (unpaired) electrons. The summed E-state index contributed by atoms with van der Waals surface area (Å²) in [6.07, 6.45) is -0.362. The molecule has 1 atom stereocenters. The van der Waals surface area contributed by atoms with E-state index < -0.39 is 0 Å². The highest BCUT2D eigenvalue weighted by Gasteiger charge is 2.01. The number of H-pyrrole nitrogens is 1. The van der Waals surface area contributed by atoms with Crippen molar-refractivity contribution in [1.82, 2.24) is 10.2 Å². The molecule has 6 heteroatoms. The number of aromatic amines is 1. The normalized spacial score (nSPS) is 13.3. The number of aliphatic hydroxyl groups excluding tert-OH is 1. The number of aliphatic hydroxyl groups is 1. The predicted octanol–water partition coefficient (Wildman–Crippen LogP) is 0.304. The molecule has 0 aliphatic heterocycles. The van der Waals surface area contributed by atoms with Crippen LogP contribution >= 0.6 is 23.1 Å². The van der Waals surface area contributed by atoms with Crippen LogP contribution in [0.1, 0.15) is 6.92 Å². The van der Waals surface area contributed by atoms with Gasteiger partial charge in [0.25, 0.3) is 0 Å². The third kappa shape index (κ3) is 3.04. The fraction of sp³-hybridized carbons (Fsp3) is 0.600. The lowest BCUT2D eigenvalue weighted by molar-refractivity contribution is 0.220. The molecular weight excluding hydrogens is 184 g/mol. The molecule has 11 heavy (non-hydrogen) atoms. The molecule has 2 N–H and O–H groups in total. The largest absolute Gasteiger partial charge is 0.393 e. The van der Waals surface area contributed by atoms with Crippen LogP contribution in [0.15, 0.2) is 9.13 Å². The molecular formula is C5H8N2O2S2. The van der Waals surface area contributed by atoms with Crippen molar-refractivity contribution in [2.24, 2.45) is 0 Å². The van der Waals surface area contributed by atoms with Gasteiger partial charge in [0.05, 0.1) is 6.10 Å². The number of hydrogen-bond donors (Lipinski definition) is 2. The van der Waals surface area contributed by atoms with Crippen LogP contribution < -0.4 is 4.87 Å². The quantitative estimate of drug-likeness (QED) is 0.676. The van der Waals surface area contributed by atoms with Gasteiger partial charge in [0.1, 0.15) is 0 Å². The molecule has 1 heterocycles. The van der Waals surface area contributed by atoms with E-state index in [-0.39, 0.29) is 11.0 Å². The standard InChI is InChI=1S/C5H8N2O2S2/c1-3(8)2-10-5-7-6-4(9)11-5/h3,8H,2H2,1H3,(H,6,9). The molecule has 0 saturated carbocycles. The lowest BCUT2D eigenvalue weighted by Gasteiger charge is -1.98. The minimum Gasteiger partial charge on any atom is -0.393 e. The van der Waals surface area contributed by atoms with Crippen molar-refractivity contribution in [3.05, 3.63) is 9.67 Å². The molecule has 4 nitrogen and oxygen atoms in total. The monoisotopic (exact) mass is 192 g/mol. The Morgan fingerprint density at radius 2 is 2.64 bits per heavy atom. The summed E-state index contributed by atoms with van der Waals surface area (Å²) < 4.78 is 0.677. The fourth-order valence-electron chi connectivity index (χ4n) is 0.470. The van der Waals surface area contributed by atoms with E-state index in [9.17, 15) is 4.79 Å². The van der Waals surface area contributed by atoms with Crippen LogP contribution in [-0.2, 0) is 0 Å². The molecule has 0 saturated heterocycles. The van der Waals surface area contributed by atoms with Gasteiger partial charge in [0.2, 0.25) is 0 Å². The first-order chi connectivity index (χ1) is 5.18. The van der Waals surface area contributed by atoms with E-state index in [2.05, 4.69) is 10.2 Å². The summed E-state index contributed by atoms with van der Waals surface area (Å²) in [5, 5.41) is 14.9. The van der Waals surface area contributed by atoms with Crippen molar-refractivity contribution in [1.29, 1.82) is 0 Å². The van der Waals surface area contributed by atoms with E-state index >= 15 is 0 Å². The average Bonchev–Trinajstić information content (AvgIpc) is 2.31. The maximum absolute atomic E-state index is 10.6. The van der Waals surface area contributed by atoms with Gasteiger partial charge in [-0.15, -0.1) is 0 Å². The minimum absolute atomic E-state index is 0.155. The summed E-state index contributed by atoms with van der Waals surface area (Å²) in [5.41, 5.74) is 0. The molecule has 1 aromatic rings. The molecule has 0 fully saturated rings. The van der Waals surface area contributed by atoms with Crippen LogP contribution in [-0.4, -0.2) is 27.2 Å². The second-order valence-corrected chi connectivity index (χ2v) is 4.27. The zero-order chi connectivity index (χ0) is 8.27. The summed E-state index contributed by atoms with van der Waals surface area (Å²) in [5.74, 6) is 0.570. The molecule has 0 aliphatic carbocycles. The van der Waals surface area contributed by atoms with Gasteiger partial charge in [-0.05, 0) is 18.3 Å². The fourth-order valence-corrected chi connectivity index (χ4v) is 1.97. The van der Waals surface area contributed by atoms with Crippen molar-refractivity contribution in [3.63, 3.8) is 0 Å². The number of nitrogens with one attached hydrogen (secondary N) is 1. The Morgan fingerprint density at radius 1 is 1.91 bits per heavy atom. The second-order valence-electron chi connectivity index (χ2n) is 2.04. The molecule has 0 bridgehead atoms. The van der Waals surface area contributed by atoms with Crippen LogP contribution in [0.25, 0.3) is 0 Å². The van der Waals surface area contributed by atoms with Gasteiger partial charge in [-0.25, -0.2) is 5.10 Å². The SMILES string of the molecule is CC(O)CSc1n[nH]c(=O)s1. The Kier molecular flexibility index (Phi) is 3.10. The van der Waals surface area contributed by atoms with E-state index in [1.54, 1.807) is 6.92 Å². The highest BCUT2D eigenvalue weighted by Crippen LogP contribution is 2.16. The summed E-state index contributed by atoms with van der Waals surface area (Å²) in [4.78, 5) is 10.4. The topological polar surface area (TPSA) is 66.0 Å².